The van der Waals surface area contributed by atoms with Crippen LogP contribution in [0.3, 0.4) is 0 Å². The van der Waals surface area contributed by atoms with E-state index in [0.717, 1.165) is 19.4 Å². The van der Waals surface area contributed by atoms with Crippen LogP contribution in [0.1, 0.15) is 23.8 Å². The summed E-state index contributed by atoms with van der Waals surface area (Å²) < 4.78 is 18.4. The molecule has 0 N–H and O–H groups in total. The molecule has 4 nitrogen and oxygen atoms in total. The summed E-state index contributed by atoms with van der Waals surface area (Å²) in [5.41, 5.74) is 0. The summed E-state index contributed by atoms with van der Waals surface area (Å²) in [6.07, 6.45) is 2.11. The van der Waals surface area contributed by atoms with Crippen LogP contribution in [0.2, 0.25) is 0 Å². The molecule has 2 aromatic rings. The lowest BCUT2D eigenvalue weighted by Gasteiger charge is -2.26. The highest BCUT2D eigenvalue weighted by atomic mass is 32.1. The number of ether oxygens (including phenoxy) is 1. The first-order chi connectivity index (χ1) is 12.1. The molecule has 0 aliphatic carbocycles. The first-order valence-electron chi connectivity index (χ1n) is 8.53. The van der Waals surface area contributed by atoms with Crippen LogP contribution < -0.4 is 4.74 Å². The average Bonchev–Trinajstić information content (AvgIpc) is 3.27. The fourth-order valence-electron chi connectivity index (χ4n) is 3.09. The van der Waals surface area contributed by atoms with Crippen LogP contribution in [-0.2, 0) is 4.79 Å². The Labute approximate surface area is 151 Å². The molecule has 0 spiro atoms. The number of halogens is 1. The lowest BCUT2D eigenvalue weighted by molar-refractivity contribution is -0.133. The van der Waals surface area contributed by atoms with Crippen LogP contribution in [-0.4, -0.2) is 49.0 Å². The smallest absolute Gasteiger partial charge is 0.237 e. The van der Waals surface area contributed by atoms with E-state index < -0.39 is 0 Å². The summed E-state index contributed by atoms with van der Waals surface area (Å²) in [7, 11) is 1.92. The molecule has 0 saturated carbocycles. The highest BCUT2D eigenvalue weighted by Gasteiger charge is 2.30. The number of nitrogens with zero attached hydrogens (tertiary/aromatic N) is 2. The van der Waals surface area contributed by atoms with Gasteiger partial charge in [0.1, 0.15) is 18.2 Å². The fraction of sp³-hybridized carbons (Fsp3) is 0.421. The molecular weight excluding hydrogens is 339 g/mol. The molecule has 1 saturated heterocycles. The van der Waals surface area contributed by atoms with Crippen molar-refractivity contribution in [2.45, 2.75) is 18.9 Å². The number of carbonyl (C=O) groups is 1. The van der Waals surface area contributed by atoms with Crippen molar-refractivity contribution in [3.63, 3.8) is 0 Å². The van der Waals surface area contributed by atoms with Crippen LogP contribution in [0.4, 0.5) is 4.39 Å². The minimum Gasteiger partial charge on any atom is -0.492 e. The predicted octanol–water partition coefficient (Wildman–Crippen LogP) is 3.56. The molecule has 0 radical (unpaired) electrons. The summed E-state index contributed by atoms with van der Waals surface area (Å²) in [6.45, 7) is 2.32. The van der Waals surface area contributed by atoms with E-state index >= 15 is 0 Å². The number of carbonyl (C=O) groups excluding carboxylic acids is 1. The van der Waals surface area contributed by atoms with Crippen LogP contribution in [0.5, 0.6) is 5.75 Å². The Morgan fingerprint density at radius 1 is 1.36 bits per heavy atom. The number of likely N-dealkylation sites (tertiary alicyclic amines) is 1. The molecule has 1 amide bonds. The van der Waals surface area contributed by atoms with E-state index in [2.05, 4.69) is 11.4 Å². The van der Waals surface area contributed by atoms with E-state index in [4.69, 9.17) is 4.74 Å². The highest BCUT2D eigenvalue weighted by Crippen LogP contribution is 2.34. The van der Waals surface area contributed by atoms with Crippen LogP contribution in [0.25, 0.3) is 0 Å². The molecule has 1 atom stereocenters. The van der Waals surface area contributed by atoms with E-state index in [-0.39, 0.29) is 17.8 Å². The summed E-state index contributed by atoms with van der Waals surface area (Å²) >= 11 is 1.72. The number of hydrogen-bond acceptors (Lipinski definition) is 4. The Bertz CT molecular complexity index is 675. The largest absolute Gasteiger partial charge is 0.492 e. The van der Waals surface area contributed by atoms with Crippen molar-refractivity contribution in [1.29, 1.82) is 0 Å². The Kier molecular flexibility index (Phi) is 6.04. The summed E-state index contributed by atoms with van der Waals surface area (Å²) in [6, 6.07) is 10.4. The predicted molar refractivity (Wildman–Crippen MR) is 97.4 cm³/mol. The molecule has 1 aliphatic rings. The Hall–Kier alpha value is -1.92. The zero-order valence-corrected chi connectivity index (χ0v) is 15.2. The van der Waals surface area contributed by atoms with E-state index in [1.807, 2.05) is 22.9 Å². The van der Waals surface area contributed by atoms with Gasteiger partial charge in [-0.05, 0) is 55.6 Å². The van der Waals surface area contributed by atoms with Gasteiger partial charge in [-0.3, -0.25) is 9.69 Å². The maximum atomic E-state index is 12.9. The van der Waals surface area contributed by atoms with Gasteiger partial charge in [-0.25, -0.2) is 4.39 Å². The van der Waals surface area contributed by atoms with Crippen molar-refractivity contribution >= 4 is 17.2 Å². The Morgan fingerprint density at radius 3 is 2.88 bits per heavy atom. The van der Waals surface area contributed by atoms with Crippen molar-refractivity contribution in [2.24, 2.45) is 0 Å². The SMILES string of the molecule is CN(CCOc1ccc(F)cc1)CC(=O)N1CCCC1c1cccs1. The zero-order chi connectivity index (χ0) is 17.6. The molecule has 1 fully saturated rings. The summed E-state index contributed by atoms with van der Waals surface area (Å²) in [5, 5.41) is 2.06. The lowest BCUT2D eigenvalue weighted by Crippen LogP contribution is -2.39. The van der Waals surface area contributed by atoms with Gasteiger partial charge in [-0.15, -0.1) is 11.3 Å². The third-order valence-corrected chi connectivity index (χ3v) is 5.38. The van der Waals surface area contributed by atoms with Gasteiger partial charge in [0.2, 0.25) is 5.91 Å². The fourth-order valence-corrected chi connectivity index (χ4v) is 3.97. The third kappa shape index (κ3) is 4.80. The molecule has 6 heteroatoms. The zero-order valence-electron chi connectivity index (χ0n) is 14.4. The maximum absolute atomic E-state index is 12.9. The second-order valence-corrected chi connectivity index (χ2v) is 7.28. The molecular formula is C19H23FN2O2S. The molecule has 134 valence electrons. The average molecular weight is 362 g/mol. The van der Waals surface area contributed by atoms with Crippen molar-refractivity contribution in [1.82, 2.24) is 9.80 Å². The molecule has 0 bridgehead atoms. The molecule has 1 aliphatic heterocycles. The van der Waals surface area contributed by atoms with Gasteiger partial charge in [-0.2, -0.15) is 0 Å². The van der Waals surface area contributed by atoms with Gasteiger partial charge in [0.25, 0.3) is 0 Å². The number of rotatable bonds is 7. The minimum absolute atomic E-state index is 0.167. The summed E-state index contributed by atoms with van der Waals surface area (Å²) in [5.74, 6) is 0.527. The van der Waals surface area contributed by atoms with E-state index in [9.17, 15) is 9.18 Å². The Balaban J connectivity index is 1.44. The van der Waals surface area contributed by atoms with E-state index in [1.165, 1.54) is 17.0 Å². The molecule has 1 aromatic carbocycles. The van der Waals surface area contributed by atoms with Crippen LogP contribution in [0, 0.1) is 5.82 Å². The first-order valence-corrected chi connectivity index (χ1v) is 9.41. The van der Waals surface area contributed by atoms with Crippen molar-refractivity contribution < 1.29 is 13.9 Å². The standard InChI is InChI=1S/C19H23FN2O2S/c1-21(11-12-24-16-8-6-15(20)7-9-16)14-19(23)22-10-2-4-17(22)18-5-3-13-25-18/h3,5-9,13,17H,2,4,10-12,14H2,1H3. The third-order valence-electron chi connectivity index (χ3n) is 4.41. The van der Waals surface area contributed by atoms with Crippen LogP contribution in [0.15, 0.2) is 41.8 Å². The second-order valence-electron chi connectivity index (χ2n) is 6.30. The van der Waals surface area contributed by atoms with Gasteiger partial charge >= 0.3 is 0 Å². The van der Waals surface area contributed by atoms with Gasteiger partial charge in [0, 0.05) is 18.0 Å². The van der Waals surface area contributed by atoms with Gasteiger partial charge in [0.05, 0.1) is 12.6 Å². The van der Waals surface area contributed by atoms with Gasteiger partial charge in [0.15, 0.2) is 0 Å². The quantitative estimate of drug-likeness (QED) is 0.755. The number of hydrogen-bond donors (Lipinski definition) is 0. The van der Waals surface area contributed by atoms with Crippen molar-refractivity contribution in [3.05, 3.63) is 52.5 Å². The molecule has 1 unspecified atom stereocenters. The molecule has 3 rings (SSSR count). The van der Waals surface area contributed by atoms with Crippen LogP contribution >= 0.6 is 11.3 Å². The molecule has 2 heterocycles. The van der Waals surface area contributed by atoms with Gasteiger partial charge in [-0.1, -0.05) is 6.07 Å². The molecule has 25 heavy (non-hydrogen) atoms. The first kappa shape index (κ1) is 17.9. The van der Waals surface area contributed by atoms with Crippen molar-refractivity contribution in [3.8, 4) is 5.75 Å². The molecule has 1 aromatic heterocycles. The number of thiophene rings is 1. The second kappa shape index (κ2) is 8.45. The minimum atomic E-state index is -0.277. The van der Waals surface area contributed by atoms with E-state index in [1.54, 1.807) is 23.5 Å². The van der Waals surface area contributed by atoms with Gasteiger partial charge < -0.3 is 9.64 Å². The summed E-state index contributed by atoms with van der Waals surface area (Å²) in [4.78, 5) is 17.9. The normalized spacial score (nSPS) is 17.2. The van der Waals surface area contributed by atoms with Crippen molar-refractivity contribution in [2.75, 3.05) is 33.3 Å². The monoisotopic (exact) mass is 362 g/mol. The number of amides is 1. The lowest BCUT2D eigenvalue weighted by atomic mass is 10.2. The number of benzene rings is 1. The number of likely N-dealkylation sites (N-methyl/N-ethyl adjacent to an activating group) is 1. The maximum Gasteiger partial charge on any atom is 0.237 e. The Morgan fingerprint density at radius 2 is 2.16 bits per heavy atom. The topological polar surface area (TPSA) is 32.8 Å². The van der Waals surface area contributed by atoms with E-state index in [0.29, 0.717) is 25.4 Å². The highest BCUT2D eigenvalue weighted by molar-refractivity contribution is 7.10.